The number of piperidine rings is 1. The Balaban J connectivity index is 1.49. The topological polar surface area (TPSA) is 50.2 Å². The first-order valence-corrected chi connectivity index (χ1v) is 11.6. The Morgan fingerprint density at radius 3 is 2.72 bits per heavy atom. The van der Waals surface area contributed by atoms with Crippen LogP contribution in [-0.4, -0.2) is 46.1 Å². The van der Waals surface area contributed by atoms with Crippen LogP contribution in [0.5, 0.6) is 0 Å². The molecule has 174 valence electrons. The average molecular weight is 445 g/mol. The molecule has 1 N–H and O–H groups in total. The number of alkyl halides is 2. The minimum atomic E-state index is -2.48. The Bertz CT molecular complexity index is 965. The van der Waals surface area contributed by atoms with Crippen molar-refractivity contribution in [2.24, 2.45) is 5.92 Å². The highest BCUT2D eigenvalue weighted by atomic mass is 19.3. The van der Waals surface area contributed by atoms with Crippen molar-refractivity contribution in [2.45, 2.75) is 77.3 Å². The summed E-state index contributed by atoms with van der Waals surface area (Å²) in [6.45, 7) is 9.48. The number of hydrogen-bond donors (Lipinski definition) is 1. The van der Waals surface area contributed by atoms with Crippen LogP contribution in [0.4, 0.5) is 14.6 Å². The summed E-state index contributed by atoms with van der Waals surface area (Å²) in [5.41, 5.74) is 2.76. The Labute approximate surface area is 189 Å². The molecule has 3 heterocycles. The Hall–Kier alpha value is -2.44. The average Bonchev–Trinajstić information content (AvgIpc) is 3.19. The van der Waals surface area contributed by atoms with Crippen molar-refractivity contribution in [2.75, 3.05) is 18.4 Å². The quantitative estimate of drug-likeness (QED) is 0.725. The van der Waals surface area contributed by atoms with Crippen molar-refractivity contribution in [3.05, 3.63) is 47.2 Å². The number of halogens is 2. The van der Waals surface area contributed by atoms with Crippen LogP contribution in [0.1, 0.15) is 62.9 Å². The summed E-state index contributed by atoms with van der Waals surface area (Å²) in [7, 11) is 0. The molecule has 5 nitrogen and oxygen atoms in total. The minimum Gasteiger partial charge on any atom is -0.367 e. The fourth-order valence-electron chi connectivity index (χ4n) is 4.90. The molecule has 2 aromatic rings. The number of nitrogens with zero attached hydrogens (tertiary/aromatic N) is 3. The van der Waals surface area contributed by atoms with E-state index in [1.807, 2.05) is 62.9 Å². The maximum Gasteiger partial charge on any atom is 0.260 e. The molecule has 1 saturated heterocycles. The van der Waals surface area contributed by atoms with Crippen LogP contribution in [0.3, 0.4) is 0 Å². The van der Waals surface area contributed by atoms with E-state index in [9.17, 15) is 13.6 Å². The molecule has 2 aliphatic heterocycles. The molecule has 3 atom stereocenters. The number of fused-ring (bicyclic) bond motifs is 1. The zero-order chi connectivity index (χ0) is 23.0. The second-order valence-electron chi connectivity index (χ2n) is 10.3. The van der Waals surface area contributed by atoms with Gasteiger partial charge >= 0.3 is 0 Å². The first-order chi connectivity index (χ1) is 15.1. The van der Waals surface area contributed by atoms with E-state index in [0.717, 1.165) is 36.2 Å². The predicted molar refractivity (Wildman–Crippen MR) is 122 cm³/mol. The van der Waals surface area contributed by atoms with Crippen molar-refractivity contribution < 1.29 is 13.6 Å². The van der Waals surface area contributed by atoms with Crippen LogP contribution in [0.2, 0.25) is 0 Å². The standard InChI is InChI=1S/C25H34F2N4O/c1-16-8-5-6-9-17(16)12-23(32)30-11-7-10-18(15-30)19-13-20(24(26)27)31-22(28-19)14-21(29-31)25(2,3)4/h5-6,8-9,14,18-20,24,28H,7,10-13,15H2,1-4H3/t18-,19+,20-/m1/s1. The lowest BCUT2D eigenvalue weighted by Gasteiger charge is -2.41. The van der Waals surface area contributed by atoms with E-state index < -0.39 is 12.5 Å². The summed E-state index contributed by atoms with van der Waals surface area (Å²) < 4.78 is 29.4. The third-order valence-corrected chi connectivity index (χ3v) is 6.92. The maximum atomic E-state index is 14.0. The van der Waals surface area contributed by atoms with Gasteiger partial charge in [-0.25, -0.2) is 13.5 Å². The number of benzene rings is 1. The monoisotopic (exact) mass is 444 g/mol. The molecule has 2 aliphatic rings. The molecule has 0 bridgehead atoms. The lowest BCUT2D eigenvalue weighted by atomic mass is 9.85. The summed E-state index contributed by atoms with van der Waals surface area (Å²) in [5, 5.41) is 8.00. The number of aromatic nitrogens is 2. The van der Waals surface area contributed by atoms with Crippen molar-refractivity contribution in [3.63, 3.8) is 0 Å². The fourth-order valence-corrected chi connectivity index (χ4v) is 4.90. The summed E-state index contributed by atoms with van der Waals surface area (Å²) >= 11 is 0. The Morgan fingerprint density at radius 2 is 2.03 bits per heavy atom. The number of hydrogen-bond acceptors (Lipinski definition) is 3. The lowest BCUT2D eigenvalue weighted by molar-refractivity contribution is -0.132. The zero-order valence-corrected chi connectivity index (χ0v) is 19.4. The maximum absolute atomic E-state index is 14.0. The number of nitrogens with one attached hydrogen (secondary N) is 1. The SMILES string of the molecule is Cc1ccccc1CC(=O)N1CCC[C@@H]([C@@H]2C[C@H](C(F)F)n3nc(C(C)(C)C)cc3N2)C1. The predicted octanol–water partition coefficient (Wildman–Crippen LogP) is 4.96. The minimum absolute atomic E-state index is 0.0971. The summed E-state index contributed by atoms with van der Waals surface area (Å²) in [4.78, 5) is 14.9. The number of anilines is 1. The smallest absolute Gasteiger partial charge is 0.260 e. The van der Waals surface area contributed by atoms with E-state index in [1.165, 1.54) is 4.68 Å². The molecule has 4 rings (SSSR count). The van der Waals surface area contributed by atoms with Gasteiger partial charge in [0.05, 0.1) is 12.1 Å². The van der Waals surface area contributed by atoms with Gasteiger partial charge in [-0.05, 0) is 43.2 Å². The van der Waals surface area contributed by atoms with Crippen LogP contribution < -0.4 is 5.32 Å². The van der Waals surface area contributed by atoms with Crippen LogP contribution in [0.25, 0.3) is 0 Å². The van der Waals surface area contributed by atoms with Crippen LogP contribution in [0.15, 0.2) is 30.3 Å². The molecule has 7 heteroatoms. The molecule has 0 spiro atoms. The number of amides is 1. The van der Waals surface area contributed by atoms with Crippen LogP contribution >= 0.6 is 0 Å². The van der Waals surface area contributed by atoms with Gasteiger partial charge in [0.15, 0.2) is 0 Å². The van der Waals surface area contributed by atoms with Crippen LogP contribution in [0, 0.1) is 12.8 Å². The molecule has 1 aromatic heterocycles. The van der Waals surface area contributed by atoms with E-state index >= 15 is 0 Å². The van der Waals surface area contributed by atoms with Crippen molar-refractivity contribution in [1.82, 2.24) is 14.7 Å². The third-order valence-electron chi connectivity index (χ3n) is 6.92. The molecular formula is C25H34F2N4O. The molecule has 1 aromatic carbocycles. The fraction of sp³-hybridized carbons (Fsp3) is 0.600. The number of aryl methyl sites for hydroxylation is 1. The highest BCUT2D eigenvalue weighted by Gasteiger charge is 2.39. The zero-order valence-electron chi connectivity index (χ0n) is 19.4. The second-order valence-corrected chi connectivity index (χ2v) is 10.3. The molecule has 0 radical (unpaired) electrons. The normalized spacial score (nSPS) is 23.7. The molecule has 0 aliphatic carbocycles. The molecular weight excluding hydrogens is 410 g/mol. The number of likely N-dealkylation sites (tertiary alicyclic amines) is 1. The van der Waals surface area contributed by atoms with Gasteiger partial charge in [0.1, 0.15) is 11.9 Å². The number of carbonyl (C=O) groups excluding carboxylic acids is 1. The molecule has 1 fully saturated rings. The first-order valence-electron chi connectivity index (χ1n) is 11.6. The lowest BCUT2D eigenvalue weighted by Crippen LogP contribution is -2.48. The number of rotatable bonds is 4. The Kier molecular flexibility index (Phi) is 6.28. The van der Waals surface area contributed by atoms with Gasteiger partial charge in [0.25, 0.3) is 6.43 Å². The van der Waals surface area contributed by atoms with Gasteiger partial charge in [0, 0.05) is 30.6 Å². The second kappa shape index (κ2) is 8.83. The van der Waals surface area contributed by atoms with E-state index in [0.29, 0.717) is 25.2 Å². The highest BCUT2D eigenvalue weighted by Crippen LogP contribution is 2.38. The van der Waals surface area contributed by atoms with Crippen molar-refractivity contribution >= 4 is 11.7 Å². The highest BCUT2D eigenvalue weighted by molar-refractivity contribution is 5.79. The van der Waals surface area contributed by atoms with Gasteiger partial charge in [-0.2, -0.15) is 5.10 Å². The van der Waals surface area contributed by atoms with E-state index in [2.05, 4.69) is 10.4 Å². The van der Waals surface area contributed by atoms with Crippen LogP contribution in [-0.2, 0) is 16.6 Å². The van der Waals surface area contributed by atoms with E-state index in [1.54, 1.807) is 0 Å². The van der Waals surface area contributed by atoms with Gasteiger partial charge in [-0.3, -0.25) is 4.79 Å². The van der Waals surface area contributed by atoms with E-state index in [-0.39, 0.29) is 23.3 Å². The van der Waals surface area contributed by atoms with E-state index in [4.69, 9.17) is 0 Å². The molecule has 0 unspecified atom stereocenters. The Morgan fingerprint density at radius 1 is 1.28 bits per heavy atom. The largest absolute Gasteiger partial charge is 0.367 e. The molecule has 1 amide bonds. The van der Waals surface area contributed by atoms with Crippen molar-refractivity contribution in [3.8, 4) is 0 Å². The van der Waals surface area contributed by atoms with Gasteiger partial charge < -0.3 is 10.2 Å². The summed E-state index contributed by atoms with van der Waals surface area (Å²) in [6.07, 6.45) is 0.0589. The third kappa shape index (κ3) is 4.66. The van der Waals surface area contributed by atoms with Crippen molar-refractivity contribution in [1.29, 1.82) is 0 Å². The summed E-state index contributed by atoms with van der Waals surface area (Å²) in [5.74, 6) is 0.928. The van der Waals surface area contributed by atoms with Gasteiger partial charge in [0.2, 0.25) is 5.91 Å². The molecule has 32 heavy (non-hydrogen) atoms. The molecule has 0 saturated carbocycles. The number of carbonyl (C=O) groups is 1. The first kappa shape index (κ1) is 22.7. The van der Waals surface area contributed by atoms with Gasteiger partial charge in [-0.15, -0.1) is 0 Å². The van der Waals surface area contributed by atoms with Gasteiger partial charge in [-0.1, -0.05) is 45.0 Å². The summed E-state index contributed by atoms with van der Waals surface area (Å²) in [6, 6.07) is 8.83.